The Kier molecular flexibility index (Phi) is 3.69. The van der Waals surface area contributed by atoms with Crippen molar-refractivity contribution in [3.8, 4) is 0 Å². The highest BCUT2D eigenvalue weighted by molar-refractivity contribution is 5.91. The zero-order chi connectivity index (χ0) is 14.7. The molecule has 1 aromatic heterocycles. The fourth-order valence-electron chi connectivity index (χ4n) is 2.43. The van der Waals surface area contributed by atoms with Gasteiger partial charge in [0.25, 0.3) is 0 Å². The van der Waals surface area contributed by atoms with Gasteiger partial charge in [0.15, 0.2) is 0 Å². The third kappa shape index (κ3) is 3.11. The number of hydrogen-bond acceptors (Lipinski definition) is 3. The summed E-state index contributed by atoms with van der Waals surface area (Å²) < 4.78 is 0. The van der Waals surface area contributed by atoms with Crippen LogP contribution < -0.4 is 5.73 Å². The van der Waals surface area contributed by atoms with Gasteiger partial charge in [0, 0.05) is 43.2 Å². The minimum Gasteiger partial charge on any atom is -0.399 e. The van der Waals surface area contributed by atoms with Crippen molar-refractivity contribution in [1.29, 1.82) is 0 Å². The highest BCUT2D eigenvalue weighted by Gasteiger charge is 2.19. The summed E-state index contributed by atoms with van der Waals surface area (Å²) in [7, 11) is 0. The Labute approximate surface area is 123 Å². The van der Waals surface area contributed by atoms with Crippen LogP contribution in [0.3, 0.4) is 0 Å². The molecule has 2 N–H and O–H groups in total. The van der Waals surface area contributed by atoms with Gasteiger partial charge in [-0.15, -0.1) is 0 Å². The lowest BCUT2D eigenvalue weighted by Gasteiger charge is -2.27. The van der Waals surface area contributed by atoms with E-state index in [9.17, 15) is 4.79 Å². The molecule has 0 fully saturated rings. The number of aromatic nitrogens is 1. The molecular weight excluding hydrogens is 262 g/mol. The summed E-state index contributed by atoms with van der Waals surface area (Å²) in [6.45, 7) is 1.35. The van der Waals surface area contributed by atoms with Crippen LogP contribution in [-0.2, 0) is 17.8 Å². The van der Waals surface area contributed by atoms with Gasteiger partial charge in [-0.25, -0.2) is 0 Å². The second-order valence-corrected chi connectivity index (χ2v) is 5.12. The molecule has 1 aliphatic rings. The number of carbonyl (C=O) groups is 1. The molecule has 0 saturated carbocycles. The molecule has 4 heteroatoms. The SMILES string of the molecule is Nc1ccc(/C=C/C(=O)N2CCc3ncccc3C2)cc1. The van der Waals surface area contributed by atoms with E-state index in [1.807, 2.05) is 47.4 Å². The molecule has 0 bridgehead atoms. The maximum atomic E-state index is 12.2. The van der Waals surface area contributed by atoms with Crippen LogP contribution >= 0.6 is 0 Å². The fourth-order valence-corrected chi connectivity index (χ4v) is 2.43. The molecule has 0 saturated heterocycles. The third-order valence-corrected chi connectivity index (χ3v) is 3.63. The van der Waals surface area contributed by atoms with Crippen LogP contribution in [0, 0.1) is 0 Å². The van der Waals surface area contributed by atoms with Crippen LogP contribution in [0.1, 0.15) is 16.8 Å². The van der Waals surface area contributed by atoms with Gasteiger partial charge in [0.1, 0.15) is 0 Å². The number of carbonyl (C=O) groups excluding carboxylic acids is 1. The van der Waals surface area contributed by atoms with Gasteiger partial charge in [-0.1, -0.05) is 18.2 Å². The van der Waals surface area contributed by atoms with Gasteiger partial charge in [-0.05, 0) is 35.4 Å². The largest absolute Gasteiger partial charge is 0.399 e. The topological polar surface area (TPSA) is 59.2 Å². The summed E-state index contributed by atoms with van der Waals surface area (Å²) in [5, 5.41) is 0. The second kappa shape index (κ2) is 5.79. The third-order valence-electron chi connectivity index (χ3n) is 3.63. The average Bonchev–Trinajstić information content (AvgIpc) is 2.53. The molecule has 1 aromatic carbocycles. The van der Waals surface area contributed by atoms with Gasteiger partial charge in [-0.2, -0.15) is 0 Å². The Morgan fingerprint density at radius 2 is 2.05 bits per heavy atom. The molecular formula is C17H17N3O. The molecule has 0 unspecified atom stereocenters. The van der Waals surface area contributed by atoms with Crippen LogP contribution in [0.15, 0.2) is 48.7 Å². The van der Waals surface area contributed by atoms with Crippen molar-refractivity contribution in [3.63, 3.8) is 0 Å². The monoisotopic (exact) mass is 279 g/mol. The number of hydrogen-bond donors (Lipinski definition) is 1. The number of amides is 1. The fraction of sp³-hybridized carbons (Fsp3) is 0.176. The van der Waals surface area contributed by atoms with Crippen LogP contribution in [0.25, 0.3) is 6.08 Å². The normalized spacial score (nSPS) is 14.2. The first-order chi connectivity index (χ1) is 10.2. The minimum absolute atomic E-state index is 0.0290. The zero-order valence-electron chi connectivity index (χ0n) is 11.7. The average molecular weight is 279 g/mol. The highest BCUT2D eigenvalue weighted by Crippen LogP contribution is 2.17. The summed E-state index contributed by atoms with van der Waals surface area (Å²) in [4.78, 5) is 18.4. The van der Waals surface area contributed by atoms with Crippen molar-refractivity contribution in [3.05, 3.63) is 65.5 Å². The lowest BCUT2D eigenvalue weighted by molar-refractivity contribution is -0.126. The van der Waals surface area contributed by atoms with E-state index in [1.54, 1.807) is 12.3 Å². The van der Waals surface area contributed by atoms with Crippen LogP contribution in [-0.4, -0.2) is 22.3 Å². The number of nitrogens with zero attached hydrogens (tertiary/aromatic N) is 2. The molecule has 106 valence electrons. The molecule has 1 amide bonds. The van der Waals surface area contributed by atoms with E-state index in [0.29, 0.717) is 6.54 Å². The van der Waals surface area contributed by atoms with Crippen molar-refractivity contribution >= 4 is 17.7 Å². The number of fused-ring (bicyclic) bond motifs is 1. The van der Waals surface area contributed by atoms with E-state index in [4.69, 9.17) is 5.73 Å². The lowest BCUT2D eigenvalue weighted by Crippen LogP contribution is -2.35. The maximum absolute atomic E-state index is 12.2. The predicted molar refractivity (Wildman–Crippen MR) is 83.2 cm³/mol. The van der Waals surface area contributed by atoms with Crippen molar-refractivity contribution in [2.24, 2.45) is 0 Å². The zero-order valence-corrected chi connectivity index (χ0v) is 11.7. The summed E-state index contributed by atoms with van der Waals surface area (Å²) in [6.07, 6.45) is 6.06. The molecule has 21 heavy (non-hydrogen) atoms. The molecule has 0 spiro atoms. The Balaban J connectivity index is 1.68. The van der Waals surface area contributed by atoms with Gasteiger partial charge >= 0.3 is 0 Å². The minimum atomic E-state index is 0.0290. The van der Waals surface area contributed by atoms with E-state index in [2.05, 4.69) is 4.98 Å². The first-order valence-corrected chi connectivity index (χ1v) is 6.98. The molecule has 0 radical (unpaired) electrons. The van der Waals surface area contributed by atoms with Gasteiger partial charge in [0.05, 0.1) is 0 Å². The Hall–Kier alpha value is -2.62. The first-order valence-electron chi connectivity index (χ1n) is 6.98. The summed E-state index contributed by atoms with van der Waals surface area (Å²) in [6, 6.07) is 11.4. The molecule has 1 aliphatic heterocycles. The molecule has 2 heterocycles. The molecule has 2 aromatic rings. The maximum Gasteiger partial charge on any atom is 0.246 e. The van der Waals surface area contributed by atoms with Crippen molar-refractivity contribution in [2.45, 2.75) is 13.0 Å². The van der Waals surface area contributed by atoms with Crippen LogP contribution in [0.4, 0.5) is 5.69 Å². The summed E-state index contributed by atoms with van der Waals surface area (Å²) in [5.41, 5.74) is 9.57. The number of pyridine rings is 1. The first kappa shape index (κ1) is 13.4. The second-order valence-electron chi connectivity index (χ2n) is 5.12. The summed E-state index contributed by atoms with van der Waals surface area (Å²) in [5.74, 6) is 0.0290. The molecule has 3 rings (SSSR count). The Bertz CT molecular complexity index is 677. The molecule has 4 nitrogen and oxygen atoms in total. The Morgan fingerprint density at radius 3 is 2.86 bits per heavy atom. The smallest absolute Gasteiger partial charge is 0.246 e. The van der Waals surface area contributed by atoms with Crippen molar-refractivity contribution in [2.75, 3.05) is 12.3 Å². The van der Waals surface area contributed by atoms with E-state index >= 15 is 0 Å². The summed E-state index contributed by atoms with van der Waals surface area (Å²) >= 11 is 0. The van der Waals surface area contributed by atoms with Crippen LogP contribution in [0.2, 0.25) is 0 Å². The molecule has 0 aliphatic carbocycles. The number of anilines is 1. The Morgan fingerprint density at radius 1 is 1.24 bits per heavy atom. The van der Waals surface area contributed by atoms with Crippen LogP contribution in [0.5, 0.6) is 0 Å². The van der Waals surface area contributed by atoms with E-state index in [1.165, 1.54) is 0 Å². The van der Waals surface area contributed by atoms with Gasteiger partial charge < -0.3 is 10.6 Å². The number of rotatable bonds is 2. The van der Waals surface area contributed by atoms with Gasteiger partial charge in [0.2, 0.25) is 5.91 Å². The highest BCUT2D eigenvalue weighted by atomic mass is 16.2. The molecule has 0 atom stereocenters. The number of benzene rings is 1. The van der Waals surface area contributed by atoms with E-state index < -0.39 is 0 Å². The number of nitrogen functional groups attached to an aromatic ring is 1. The standard InChI is InChI=1S/C17H17N3O/c18-15-6-3-13(4-7-15)5-8-17(21)20-11-9-16-14(12-20)2-1-10-19-16/h1-8,10H,9,11-12,18H2/b8-5+. The predicted octanol–water partition coefficient (Wildman–Crippen LogP) is 2.26. The van der Waals surface area contributed by atoms with E-state index in [-0.39, 0.29) is 5.91 Å². The quantitative estimate of drug-likeness (QED) is 0.677. The number of nitrogens with two attached hydrogens (primary N) is 1. The van der Waals surface area contributed by atoms with Gasteiger partial charge in [-0.3, -0.25) is 9.78 Å². The van der Waals surface area contributed by atoms with Crippen molar-refractivity contribution < 1.29 is 4.79 Å². The lowest BCUT2D eigenvalue weighted by atomic mass is 10.1. The van der Waals surface area contributed by atoms with E-state index in [0.717, 1.165) is 35.5 Å². The van der Waals surface area contributed by atoms with Crippen molar-refractivity contribution in [1.82, 2.24) is 9.88 Å².